The summed E-state index contributed by atoms with van der Waals surface area (Å²) in [6, 6.07) is 38.3. The van der Waals surface area contributed by atoms with E-state index in [9.17, 15) is 5.26 Å². The van der Waals surface area contributed by atoms with Crippen molar-refractivity contribution < 1.29 is 4.42 Å². The van der Waals surface area contributed by atoms with Crippen LogP contribution in [-0.4, -0.2) is 0 Å². The molecule has 0 N–H and O–H groups in total. The lowest BCUT2D eigenvalue weighted by Crippen LogP contribution is -2.50. The third-order valence-corrected chi connectivity index (χ3v) is 11.6. The van der Waals surface area contributed by atoms with Crippen LogP contribution in [0.4, 0.5) is 17.1 Å². The highest BCUT2D eigenvalue weighted by Crippen LogP contribution is 2.69. The molecule has 5 heteroatoms. The van der Waals surface area contributed by atoms with Gasteiger partial charge in [0.05, 0.1) is 43.5 Å². The molecule has 2 heterocycles. The van der Waals surface area contributed by atoms with Crippen LogP contribution in [0.15, 0.2) is 143 Å². The van der Waals surface area contributed by atoms with Gasteiger partial charge in [-0.3, -0.25) is 0 Å². The lowest BCUT2D eigenvalue weighted by molar-refractivity contribution is 0.588. The molecular formula is C43H22Cl2N2O. The molecule has 0 saturated carbocycles. The Hall–Kier alpha value is -5.53. The van der Waals surface area contributed by atoms with E-state index in [1.807, 2.05) is 18.2 Å². The molecule has 7 aromatic rings. The number of furan rings is 1. The maximum absolute atomic E-state index is 10.1. The van der Waals surface area contributed by atoms with E-state index >= 15 is 0 Å². The highest BCUT2D eigenvalue weighted by Gasteiger charge is 2.60. The number of nitrogens with zero attached hydrogens (tertiary/aromatic N) is 2. The van der Waals surface area contributed by atoms with Crippen molar-refractivity contribution in [3.05, 3.63) is 183 Å². The first-order valence-corrected chi connectivity index (χ1v) is 16.7. The van der Waals surface area contributed by atoms with E-state index in [-0.39, 0.29) is 0 Å². The largest absolute Gasteiger partial charge is 0.456 e. The molecule has 1 aromatic heterocycles. The molecule has 2 unspecified atom stereocenters. The number of benzene rings is 6. The van der Waals surface area contributed by atoms with Crippen molar-refractivity contribution in [2.75, 3.05) is 4.90 Å². The smallest absolute Gasteiger partial charge is 0.135 e. The lowest BCUT2D eigenvalue weighted by Gasteiger charge is -2.57. The molecule has 4 aliphatic carbocycles. The van der Waals surface area contributed by atoms with Crippen LogP contribution in [0.5, 0.6) is 0 Å². The molecule has 3 nitrogen and oxygen atoms in total. The second kappa shape index (κ2) is 8.88. The molecule has 224 valence electrons. The lowest BCUT2D eigenvalue weighted by atomic mass is 9.47. The summed E-state index contributed by atoms with van der Waals surface area (Å²) >= 11 is 14.2. The standard InChI is InChI=1S/C43H22Cl2N2O/c44-34-16-15-26(23-46)40(45)41(34)47-35-13-7-12-30-39(35)43(33-21-38-29(20-36(33)47)28-11-3-4-14-37(28)48-38)27-10-5-6-17-42(30,22-27)31-18-24-8-1-2-9-25(24)19-32(31)43/h1-22H. The Bertz CT molecular complexity index is 2800. The van der Waals surface area contributed by atoms with Gasteiger partial charge in [-0.2, -0.15) is 5.26 Å². The van der Waals surface area contributed by atoms with E-state index in [0.29, 0.717) is 21.3 Å². The Morgan fingerprint density at radius 3 is 2.35 bits per heavy atom. The Morgan fingerprint density at radius 2 is 1.50 bits per heavy atom. The van der Waals surface area contributed by atoms with Crippen molar-refractivity contribution >= 4 is 73.0 Å². The van der Waals surface area contributed by atoms with Gasteiger partial charge in [-0.05, 0) is 87.1 Å². The van der Waals surface area contributed by atoms with Crippen molar-refractivity contribution in [2.24, 2.45) is 0 Å². The molecule has 2 spiro atoms. The molecular weight excluding hydrogens is 631 g/mol. The summed E-state index contributed by atoms with van der Waals surface area (Å²) in [7, 11) is 0. The molecule has 6 aromatic carbocycles. The van der Waals surface area contributed by atoms with Crippen LogP contribution < -0.4 is 4.90 Å². The van der Waals surface area contributed by atoms with Crippen LogP contribution in [0.25, 0.3) is 32.7 Å². The SMILES string of the molecule is N#Cc1ccc(Cl)c(N2c3cc4c(cc3C35C6=CC(C=CC=C6)(c6cc7ccccc7cc63)c3cccc2c35)oc2ccccc24)c1Cl. The van der Waals surface area contributed by atoms with Crippen LogP contribution >= 0.6 is 23.2 Å². The highest BCUT2D eigenvalue weighted by atomic mass is 35.5. The fraction of sp³-hybridized carbons (Fsp3) is 0.0465. The van der Waals surface area contributed by atoms with Crippen molar-refractivity contribution in [1.82, 2.24) is 0 Å². The van der Waals surface area contributed by atoms with Gasteiger partial charge >= 0.3 is 0 Å². The second-order valence-electron chi connectivity index (χ2n) is 13.1. The van der Waals surface area contributed by atoms with Crippen LogP contribution in [0, 0.1) is 11.3 Å². The number of para-hydroxylation sites is 1. The first-order valence-electron chi connectivity index (χ1n) is 16.0. The summed E-state index contributed by atoms with van der Waals surface area (Å²) < 4.78 is 6.60. The average Bonchev–Trinajstić information content (AvgIpc) is 3.38. The molecule has 2 atom stereocenters. The minimum atomic E-state index is -0.666. The first kappa shape index (κ1) is 26.5. The maximum atomic E-state index is 10.1. The van der Waals surface area contributed by atoms with Gasteiger partial charge < -0.3 is 9.32 Å². The summed E-state index contributed by atoms with van der Waals surface area (Å²) in [6.45, 7) is 0. The number of nitriles is 1. The van der Waals surface area contributed by atoms with Crippen molar-refractivity contribution in [1.29, 1.82) is 5.26 Å². The molecule has 3 bridgehead atoms. The quantitative estimate of drug-likeness (QED) is 0.177. The van der Waals surface area contributed by atoms with E-state index in [4.69, 9.17) is 27.6 Å². The molecule has 48 heavy (non-hydrogen) atoms. The maximum Gasteiger partial charge on any atom is 0.135 e. The number of hydrogen-bond acceptors (Lipinski definition) is 3. The molecule has 12 rings (SSSR count). The second-order valence-corrected chi connectivity index (χ2v) is 13.8. The van der Waals surface area contributed by atoms with Crippen molar-refractivity contribution in [2.45, 2.75) is 10.8 Å². The zero-order valence-corrected chi connectivity index (χ0v) is 26.8. The van der Waals surface area contributed by atoms with E-state index in [1.165, 1.54) is 38.6 Å². The summed E-state index contributed by atoms with van der Waals surface area (Å²) in [5.41, 5.74) is 10.6. The van der Waals surface area contributed by atoms with Crippen LogP contribution in [0.2, 0.25) is 10.0 Å². The summed E-state index contributed by atoms with van der Waals surface area (Å²) in [6.07, 6.45) is 11.4. The van der Waals surface area contributed by atoms with Gasteiger partial charge in [0.15, 0.2) is 0 Å². The Balaban J connectivity index is 1.39. The van der Waals surface area contributed by atoms with Gasteiger partial charge in [-0.25, -0.2) is 0 Å². The zero-order chi connectivity index (χ0) is 31.9. The van der Waals surface area contributed by atoms with E-state index in [1.54, 1.807) is 12.1 Å². The van der Waals surface area contributed by atoms with Gasteiger partial charge in [0.2, 0.25) is 0 Å². The van der Waals surface area contributed by atoms with E-state index in [2.05, 4.69) is 114 Å². The summed E-state index contributed by atoms with van der Waals surface area (Å²) in [5.74, 6) is 0. The average molecular weight is 654 g/mol. The topological polar surface area (TPSA) is 40.2 Å². The Kier molecular flexibility index (Phi) is 4.91. The number of anilines is 3. The normalized spacial score (nSPS) is 20.8. The van der Waals surface area contributed by atoms with Crippen molar-refractivity contribution in [3.8, 4) is 6.07 Å². The van der Waals surface area contributed by atoms with Crippen molar-refractivity contribution in [3.63, 3.8) is 0 Å². The number of halogens is 2. The molecule has 0 fully saturated rings. The number of allylic oxidation sites excluding steroid dienone is 6. The number of rotatable bonds is 1. The number of fused-ring (bicyclic) bond motifs is 5. The number of hydrogen-bond donors (Lipinski definition) is 0. The molecule has 1 aliphatic heterocycles. The minimum Gasteiger partial charge on any atom is -0.456 e. The summed E-state index contributed by atoms with van der Waals surface area (Å²) in [5, 5.41) is 15.3. The van der Waals surface area contributed by atoms with Gasteiger partial charge in [0.25, 0.3) is 0 Å². The van der Waals surface area contributed by atoms with Crippen LogP contribution in [0.3, 0.4) is 0 Å². The van der Waals surface area contributed by atoms with Gasteiger partial charge in [-0.15, -0.1) is 0 Å². The van der Waals surface area contributed by atoms with E-state index < -0.39 is 10.8 Å². The predicted octanol–water partition coefficient (Wildman–Crippen LogP) is 11.7. The third kappa shape index (κ3) is 2.94. The van der Waals surface area contributed by atoms with Gasteiger partial charge in [0.1, 0.15) is 17.2 Å². The fourth-order valence-electron chi connectivity index (χ4n) is 9.10. The first-order chi connectivity index (χ1) is 23.5. The Morgan fingerprint density at radius 1 is 0.688 bits per heavy atom. The van der Waals surface area contributed by atoms with Crippen LogP contribution in [-0.2, 0) is 10.8 Å². The highest BCUT2D eigenvalue weighted by molar-refractivity contribution is 6.40. The predicted molar refractivity (Wildman–Crippen MR) is 194 cm³/mol. The molecule has 5 aliphatic rings. The molecule has 0 radical (unpaired) electrons. The molecule has 0 saturated heterocycles. The van der Waals surface area contributed by atoms with Gasteiger partial charge in [-0.1, -0.05) is 108 Å². The monoisotopic (exact) mass is 652 g/mol. The van der Waals surface area contributed by atoms with Crippen LogP contribution in [0.1, 0.15) is 33.4 Å². The fourth-order valence-corrected chi connectivity index (χ4v) is 9.68. The zero-order valence-electron chi connectivity index (χ0n) is 25.3. The molecule has 0 amide bonds. The van der Waals surface area contributed by atoms with E-state index in [0.717, 1.165) is 38.9 Å². The van der Waals surface area contributed by atoms with Gasteiger partial charge in [0, 0.05) is 16.3 Å². The third-order valence-electron chi connectivity index (χ3n) is 11.0. The summed E-state index contributed by atoms with van der Waals surface area (Å²) in [4.78, 5) is 2.18. The minimum absolute atomic E-state index is 0.323. The Labute approximate surface area is 285 Å².